The maximum atomic E-state index is 12.2. The standard InChI is InChI=1S/C18H21NO4/c1-22-16(20)10-6-3-7-12-19-18(21)17-15(11-13-23-17)14-8-4-2-5-9-14/h2,4-5,8-9,11,13H,3,6-7,10,12H2,1H3,(H,19,21). The van der Waals surface area contributed by atoms with Crippen LogP contribution in [0.2, 0.25) is 0 Å². The first-order valence-electron chi connectivity index (χ1n) is 7.70. The maximum absolute atomic E-state index is 12.2. The van der Waals surface area contributed by atoms with Gasteiger partial charge in [-0.05, 0) is 24.5 Å². The predicted molar refractivity (Wildman–Crippen MR) is 87.0 cm³/mol. The van der Waals surface area contributed by atoms with Gasteiger partial charge in [-0.1, -0.05) is 36.8 Å². The van der Waals surface area contributed by atoms with Gasteiger partial charge in [0, 0.05) is 18.5 Å². The van der Waals surface area contributed by atoms with E-state index in [-0.39, 0.29) is 11.9 Å². The van der Waals surface area contributed by atoms with Gasteiger partial charge in [0.25, 0.3) is 5.91 Å². The van der Waals surface area contributed by atoms with Gasteiger partial charge in [0.1, 0.15) is 0 Å². The number of rotatable bonds is 8. The van der Waals surface area contributed by atoms with Crippen LogP contribution < -0.4 is 5.32 Å². The van der Waals surface area contributed by atoms with Crippen molar-refractivity contribution in [2.45, 2.75) is 25.7 Å². The number of amides is 1. The van der Waals surface area contributed by atoms with Crippen LogP contribution in [0.4, 0.5) is 0 Å². The molecule has 0 aliphatic heterocycles. The largest absolute Gasteiger partial charge is 0.469 e. The molecular formula is C18H21NO4. The predicted octanol–water partition coefficient (Wildman–Crippen LogP) is 3.41. The van der Waals surface area contributed by atoms with Crippen molar-refractivity contribution in [3.8, 4) is 11.1 Å². The first-order chi connectivity index (χ1) is 11.2. The highest BCUT2D eigenvalue weighted by Crippen LogP contribution is 2.24. The lowest BCUT2D eigenvalue weighted by Crippen LogP contribution is -2.24. The van der Waals surface area contributed by atoms with Crippen LogP contribution >= 0.6 is 0 Å². The average molecular weight is 315 g/mol. The van der Waals surface area contributed by atoms with Gasteiger partial charge in [-0.15, -0.1) is 0 Å². The van der Waals surface area contributed by atoms with Crippen LogP contribution in [0.3, 0.4) is 0 Å². The van der Waals surface area contributed by atoms with Gasteiger partial charge >= 0.3 is 5.97 Å². The van der Waals surface area contributed by atoms with E-state index in [0.29, 0.717) is 18.7 Å². The molecule has 1 amide bonds. The Morgan fingerprint density at radius 2 is 1.87 bits per heavy atom. The molecular weight excluding hydrogens is 294 g/mol. The van der Waals surface area contributed by atoms with E-state index >= 15 is 0 Å². The quantitative estimate of drug-likeness (QED) is 0.599. The number of unbranched alkanes of at least 4 members (excludes halogenated alkanes) is 2. The molecule has 2 aromatic rings. The van der Waals surface area contributed by atoms with E-state index in [9.17, 15) is 9.59 Å². The van der Waals surface area contributed by atoms with E-state index in [1.54, 1.807) is 6.07 Å². The Hall–Kier alpha value is -2.56. The molecule has 0 saturated heterocycles. The average Bonchev–Trinajstić information content (AvgIpc) is 3.08. The number of carbonyl (C=O) groups is 2. The molecule has 0 saturated carbocycles. The summed E-state index contributed by atoms with van der Waals surface area (Å²) in [6, 6.07) is 11.4. The van der Waals surface area contributed by atoms with Crippen LogP contribution in [0.15, 0.2) is 47.1 Å². The summed E-state index contributed by atoms with van der Waals surface area (Å²) >= 11 is 0. The number of hydrogen-bond acceptors (Lipinski definition) is 4. The fourth-order valence-corrected chi connectivity index (χ4v) is 2.29. The number of furan rings is 1. The second-order valence-corrected chi connectivity index (χ2v) is 5.17. The van der Waals surface area contributed by atoms with Gasteiger partial charge in [-0.2, -0.15) is 0 Å². The summed E-state index contributed by atoms with van der Waals surface area (Å²) in [5, 5.41) is 2.85. The van der Waals surface area contributed by atoms with Gasteiger partial charge < -0.3 is 14.5 Å². The lowest BCUT2D eigenvalue weighted by molar-refractivity contribution is -0.140. The third-order valence-corrected chi connectivity index (χ3v) is 3.53. The van der Waals surface area contributed by atoms with Crippen LogP contribution in [0.5, 0.6) is 0 Å². The molecule has 5 nitrogen and oxygen atoms in total. The Bertz CT molecular complexity index is 633. The topological polar surface area (TPSA) is 68.5 Å². The van der Waals surface area contributed by atoms with Gasteiger partial charge in [0.2, 0.25) is 0 Å². The molecule has 23 heavy (non-hydrogen) atoms. The molecule has 1 aromatic carbocycles. The molecule has 0 bridgehead atoms. The second kappa shape index (κ2) is 8.78. The molecule has 1 aromatic heterocycles. The van der Waals surface area contributed by atoms with Gasteiger partial charge in [0.05, 0.1) is 13.4 Å². The van der Waals surface area contributed by atoms with Crippen LogP contribution in [-0.2, 0) is 9.53 Å². The maximum Gasteiger partial charge on any atom is 0.305 e. The highest BCUT2D eigenvalue weighted by atomic mass is 16.5. The number of nitrogens with one attached hydrogen (secondary N) is 1. The third kappa shape index (κ3) is 4.98. The Morgan fingerprint density at radius 1 is 1.09 bits per heavy atom. The molecule has 122 valence electrons. The van der Waals surface area contributed by atoms with E-state index in [0.717, 1.165) is 30.4 Å². The van der Waals surface area contributed by atoms with Crippen molar-refractivity contribution >= 4 is 11.9 Å². The third-order valence-electron chi connectivity index (χ3n) is 3.53. The number of esters is 1. The van der Waals surface area contributed by atoms with Crippen molar-refractivity contribution in [2.24, 2.45) is 0 Å². The first kappa shape index (κ1) is 16.8. The summed E-state index contributed by atoms with van der Waals surface area (Å²) < 4.78 is 9.91. The molecule has 1 heterocycles. The normalized spacial score (nSPS) is 10.3. The zero-order chi connectivity index (χ0) is 16.5. The van der Waals surface area contributed by atoms with Crippen molar-refractivity contribution < 1.29 is 18.7 Å². The Balaban J connectivity index is 1.79. The zero-order valence-corrected chi connectivity index (χ0v) is 13.2. The number of carbonyl (C=O) groups excluding carboxylic acids is 2. The van der Waals surface area contributed by atoms with Crippen molar-refractivity contribution in [1.29, 1.82) is 0 Å². The van der Waals surface area contributed by atoms with E-state index in [1.807, 2.05) is 30.3 Å². The van der Waals surface area contributed by atoms with Gasteiger partial charge in [0.15, 0.2) is 5.76 Å². The van der Waals surface area contributed by atoms with E-state index < -0.39 is 0 Å². The molecule has 0 fully saturated rings. The molecule has 0 atom stereocenters. The minimum Gasteiger partial charge on any atom is -0.469 e. The lowest BCUT2D eigenvalue weighted by Gasteiger charge is -2.05. The zero-order valence-electron chi connectivity index (χ0n) is 13.2. The van der Waals surface area contributed by atoms with Crippen LogP contribution in [-0.4, -0.2) is 25.5 Å². The molecule has 1 N–H and O–H groups in total. The van der Waals surface area contributed by atoms with E-state index in [2.05, 4.69) is 10.1 Å². The Kier molecular flexibility index (Phi) is 6.41. The summed E-state index contributed by atoms with van der Waals surface area (Å²) in [4.78, 5) is 23.2. The molecule has 2 rings (SSSR count). The number of benzene rings is 1. The number of hydrogen-bond donors (Lipinski definition) is 1. The lowest BCUT2D eigenvalue weighted by atomic mass is 10.1. The van der Waals surface area contributed by atoms with Crippen LogP contribution in [0, 0.1) is 0 Å². The van der Waals surface area contributed by atoms with E-state index in [4.69, 9.17) is 4.42 Å². The Labute approximate surface area is 135 Å². The summed E-state index contributed by atoms with van der Waals surface area (Å²) in [6.07, 6.45) is 4.37. The summed E-state index contributed by atoms with van der Waals surface area (Å²) in [5.74, 6) is -0.0929. The summed E-state index contributed by atoms with van der Waals surface area (Å²) in [6.45, 7) is 0.551. The SMILES string of the molecule is COC(=O)CCCCCNC(=O)c1occc1-c1ccccc1. The van der Waals surface area contributed by atoms with Gasteiger partial charge in [-0.25, -0.2) is 0 Å². The molecule has 0 aliphatic rings. The minimum absolute atomic E-state index is 0.197. The highest BCUT2D eigenvalue weighted by molar-refractivity contribution is 5.98. The van der Waals surface area contributed by atoms with Gasteiger partial charge in [-0.3, -0.25) is 9.59 Å². The molecule has 0 radical (unpaired) electrons. The molecule has 0 unspecified atom stereocenters. The molecule has 5 heteroatoms. The minimum atomic E-state index is -0.221. The summed E-state index contributed by atoms with van der Waals surface area (Å²) in [7, 11) is 1.39. The fraction of sp³-hybridized carbons (Fsp3) is 0.333. The van der Waals surface area contributed by atoms with E-state index in [1.165, 1.54) is 13.4 Å². The fourth-order valence-electron chi connectivity index (χ4n) is 2.29. The molecule has 0 aliphatic carbocycles. The highest BCUT2D eigenvalue weighted by Gasteiger charge is 2.15. The van der Waals surface area contributed by atoms with Crippen LogP contribution in [0.25, 0.3) is 11.1 Å². The second-order valence-electron chi connectivity index (χ2n) is 5.17. The van der Waals surface area contributed by atoms with Crippen molar-refractivity contribution in [2.75, 3.05) is 13.7 Å². The summed E-state index contributed by atoms with van der Waals surface area (Å²) in [5.41, 5.74) is 1.73. The first-order valence-corrected chi connectivity index (χ1v) is 7.70. The van der Waals surface area contributed by atoms with Crippen LogP contribution in [0.1, 0.15) is 36.2 Å². The molecule has 0 spiro atoms. The van der Waals surface area contributed by atoms with Crippen molar-refractivity contribution in [3.05, 3.63) is 48.4 Å². The smallest absolute Gasteiger partial charge is 0.305 e. The van der Waals surface area contributed by atoms with Crippen molar-refractivity contribution in [1.82, 2.24) is 5.32 Å². The number of ether oxygens (including phenoxy) is 1. The van der Waals surface area contributed by atoms with Crippen molar-refractivity contribution in [3.63, 3.8) is 0 Å². The monoisotopic (exact) mass is 315 g/mol. The number of methoxy groups -OCH3 is 1. The Morgan fingerprint density at radius 3 is 2.61 bits per heavy atom.